The zero-order valence-corrected chi connectivity index (χ0v) is 6.55. The van der Waals surface area contributed by atoms with Gasteiger partial charge in [-0.05, 0) is 6.42 Å². The molecule has 0 saturated carbocycles. The summed E-state index contributed by atoms with van der Waals surface area (Å²) in [7, 11) is 0. The van der Waals surface area contributed by atoms with Gasteiger partial charge in [0.2, 0.25) is 5.91 Å². The van der Waals surface area contributed by atoms with Gasteiger partial charge in [0.05, 0.1) is 0 Å². The first kappa shape index (κ1) is 7.78. The second kappa shape index (κ2) is 3.18. The molecule has 60 valence electrons. The molecule has 0 aliphatic rings. The zero-order valence-electron chi connectivity index (χ0n) is 6.55. The lowest BCUT2D eigenvalue weighted by molar-refractivity contribution is -0.114. The van der Waals surface area contributed by atoms with Crippen LogP contribution < -0.4 is 5.32 Å². The molecule has 0 fully saturated rings. The number of aromatic nitrogens is 1. The van der Waals surface area contributed by atoms with Crippen LogP contribution in [0.1, 0.15) is 19.5 Å². The number of hydrogen-bond donors (Lipinski definition) is 1. The molecule has 0 radical (unpaired) electrons. The van der Waals surface area contributed by atoms with Crippen molar-refractivity contribution in [3.05, 3.63) is 12.0 Å². The first-order valence-corrected chi connectivity index (χ1v) is 3.45. The predicted molar refractivity (Wildman–Crippen MR) is 40.2 cm³/mol. The third-order valence-corrected chi connectivity index (χ3v) is 1.29. The van der Waals surface area contributed by atoms with Gasteiger partial charge in [-0.3, -0.25) is 4.79 Å². The lowest BCUT2D eigenvalue weighted by Crippen LogP contribution is -2.06. The third kappa shape index (κ3) is 1.80. The maximum Gasteiger partial charge on any atom is 0.221 e. The van der Waals surface area contributed by atoms with E-state index in [4.69, 9.17) is 0 Å². The summed E-state index contributed by atoms with van der Waals surface area (Å²) in [6.45, 7) is 3.40. The number of hydrogen-bond acceptors (Lipinski definition) is 3. The largest absolute Gasteiger partial charge is 0.362 e. The minimum absolute atomic E-state index is 0.108. The number of amides is 1. The fourth-order valence-electron chi connectivity index (χ4n) is 0.806. The lowest BCUT2D eigenvalue weighted by atomic mass is 10.3. The predicted octanol–water partition coefficient (Wildman–Crippen LogP) is 1.20. The maximum absolute atomic E-state index is 10.6. The lowest BCUT2D eigenvalue weighted by Gasteiger charge is -1.96. The second-order valence-corrected chi connectivity index (χ2v) is 2.21. The maximum atomic E-state index is 10.6. The van der Waals surface area contributed by atoms with Gasteiger partial charge in [0.25, 0.3) is 0 Å². The molecule has 4 nitrogen and oxygen atoms in total. The molecule has 0 bridgehead atoms. The number of anilines is 1. The van der Waals surface area contributed by atoms with E-state index in [1.807, 2.05) is 6.92 Å². The molecule has 0 aliphatic carbocycles. The SMILES string of the molecule is CCc1nocc1NC(C)=O. The van der Waals surface area contributed by atoms with Crippen molar-refractivity contribution >= 4 is 11.6 Å². The molecular formula is C7H10N2O2. The molecule has 1 aromatic rings. The fourth-order valence-corrected chi connectivity index (χ4v) is 0.806. The van der Waals surface area contributed by atoms with Gasteiger partial charge in [-0.25, -0.2) is 0 Å². The van der Waals surface area contributed by atoms with Gasteiger partial charge in [-0.1, -0.05) is 12.1 Å². The molecule has 11 heavy (non-hydrogen) atoms. The standard InChI is InChI=1S/C7H10N2O2/c1-3-6-7(4-11-9-6)8-5(2)10/h4H,3H2,1-2H3,(H,8,10). The van der Waals surface area contributed by atoms with Gasteiger partial charge in [0.15, 0.2) is 0 Å². The van der Waals surface area contributed by atoms with Crippen molar-refractivity contribution in [2.45, 2.75) is 20.3 Å². The number of nitrogens with zero attached hydrogens (tertiary/aromatic N) is 1. The van der Waals surface area contributed by atoms with Crippen molar-refractivity contribution in [2.24, 2.45) is 0 Å². The summed E-state index contributed by atoms with van der Waals surface area (Å²) in [5, 5.41) is 6.31. The van der Waals surface area contributed by atoms with Crippen LogP contribution in [0.2, 0.25) is 0 Å². The highest BCUT2D eigenvalue weighted by Gasteiger charge is 2.05. The molecule has 0 aliphatic heterocycles. The van der Waals surface area contributed by atoms with Crippen LogP contribution >= 0.6 is 0 Å². The summed E-state index contributed by atoms with van der Waals surface area (Å²) in [6.07, 6.45) is 2.19. The van der Waals surface area contributed by atoms with E-state index in [9.17, 15) is 4.79 Å². The van der Waals surface area contributed by atoms with E-state index in [0.717, 1.165) is 12.1 Å². The van der Waals surface area contributed by atoms with Crippen molar-refractivity contribution in [1.29, 1.82) is 0 Å². The van der Waals surface area contributed by atoms with Crippen LogP contribution in [0.25, 0.3) is 0 Å². The van der Waals surface area contributed by atoms with E-state index >= 15 is 0 Å². The highest BCUT2D eigenvalue weighted by molar-refractivity contribution is 5.88. The molecule has 0 saturated heterocycles. The number of carbonyl (C=O) groups excluding carboxylic acids is 1. The van der Waals surface area contributed by atoms with Crippen LogP contribution in [0.3, 0.4) is 0 Å². The molecule has 0 unspecified atom stereocenters. The van der Waals surface area contributed by atoms with Gasteiger partial charge >= 0.3 is 0 Å². The molecule has 0 aromatic carbocycles. The van der Waals surface area contributed by atoms with Crippen molar-refractivity contribution in [3.63, 3.8) is 0 Å². The molecule has 1 amide bonds. The van der Waals surface area contributed by atoms with Crippen LogP contribution in [-0.2, 0) is 11.2 Å². The minimum Gasteiger partial charge on any atom is -0.362 e. The third-order valence-electron chi connectivity index (χ3n) is 1.29. The molecule has 1 aromatic heterocycles. The number of carbonyl (C=O) groups is 1. The topological polar surface area (TPSA) is 55.1 Å². The van der Waals surface area contributed by atoms with Crippen LogP contribution in [0.15, 0.2) is 10.8 Å². The molecule has 0 spiro atoms. The Hall–Kier alpha value is -1.32. The quantitative estimate of drug-likeness (QED) is 0.696. The average molecular weight is 154 g/mol. The van der Waals surface area contributed by atoms with E-state index in [2.05, 4.69) is 15.0 Å². The number of aryl methyl sites for hydroxylation is 1. The molecule has 0 atom stereocenters. The smallest absolute Gasteiger partial charge is 0.221 e. The van der Waals surface area contributed by atoms with Crippen LogP contribution in [0.4, 0.5) is 5.69 Å². The first-order chi connectivity index (χ1) is 5.24. The van der Waals surface area contributed by atoms with Crippen LogP contribution in [0, 0.1) is 0 Å². The Morgan fingerprint density at radius 1 is 1.82 bits per heavy atom. The summed E-state index contributed by atoms with van der Waals surface area (Å²) >= 11 is 0. The second-order valence-electron chi connectivity index (χ2n) is 2.21. The zero-order chi connectivity index (χ0) is 8.27. The van der Waals surface area contributed by atoms with Crippen molar-refractivity contribution < 1.29 is 9.32 Å². The Labute approximate surface area is 64.6 Å². The highest BCUT2D eigenvalue weighted by atomic mass is 16.5. The summed E-state index contributed by atoms with van der Waals surface area (Å²) in [6, 6.07) is 0. The van der Waals surface area contributed by atoms with E-state index in [-0.39, 0.29) is 5.91 Å². The molecule has 1 N–H and O–H groups in total. The highest BCUT2D eigenvalue weighted by Crippen LogP contribution is 2.12. The average Bonchev–Trinajstić information content (AvgIpc) is 2.34. The summed E-state index contributed by atoms with van der Waals surface area (Å²) < 4.78 is 4.67. The number of rotatable bonds is 2. The Kier molecular flexibility index (Phi) is 2.25. The van der Waals surface area contributed by atoms with Crippen molar-refractivity contribution in [1.82, 2.24) is 5.16 Å². The van der Waals surface area contributed by atoms with E-state index < -0.39 is 0 Å². The van der Waals surface area contributed by atoms with E-state index in [1.165, 1.54) is 13.2 Å². The Balaban J connectivity index is 2.76. The van der Waals surface area contributed by atoms with Gasteiger partial charge < -0.3 is 9.84 Å². The first-order valence-electron chi connectivity index (χ1n) is 3.45. The molecular weight excluding hydrogens is 144 g/mol. The summed E-state index contributed by atoms with van der Waals surface area (Å²) in [4.78, 5) is 10.6. The van der Waals surface area contributed by atoms with E-state index in [1.54, 1.807) is 0 Å². The van der Waals surface area contributed by atoms with E-state index in [0.29, 0.717) is 5.69 Å². The number of nitrogens with one attached hydrogen (secondary N) is 1. The van der Waals surface area contributed by atoms with Crippen LogP contribution in [-0.4, -0.2) is 11.1 Å². The summed E-state index contributed by atoms with van der Waals surface area (Å²) in [5.74, 6) is -0.108. The Morgan fingerprint density at radius 3 is 3.09 bits per heavy atom. The molecule has 1 heterocycles. The van der Waals surface area contributed by atoms with Gasteiger partial charge in [-0.2, -0.15) is 0 Å². The Bertz CT molecular complexity index is 255. The summed E-state index contributed by atoms with van der Waals surface area (Å²) in [5.41, 5.74) is 1.44. The van der Waals surface area contributed by atoms with Gasteiger partial charge in [0, 0.05) is 6.92 Å². The van der Waals surface area contributed by atoms with Crippen molar-refractivity contribution in [3.8, 4) is 0 Å². The Morgan fingerprint density at radius 2 is 2.55 bits per heavy atom. The van der Waals surface area contributed by atoms with Crippen molar-refractivity contribution in [2.75, 3.05) is 5.32 Å². The molecule has 1 rings (SSSR count). The van der Waals surface area contributed by atoms with Gasteiger partial charge in [-0.15, -0.1) is 0 Å². The monoisotopic (exact) mass is 154 g/mol. The minimum atomic E-state index is -0.108. The van der Waals surface area contributed by atoms with Gasteiger partial charge in [0.1, 0.15) is 17.6 Å². The normalized spacial score (nSPS) is 9.64. The molecule has 4 heteroatoms. The fraction of sp³-hybridized carbons (Fsp3) is 0.429. The van der Waals surface area contributed by atoms with Crippen LogP contribution in [0.5, 0.6) is 0 Å².